The second-order valence-electron chi connectivity index (χ2n) is 3.92. The normalized spacial score (nSPS) is 22.1. The summed E-state index contributed by atoms with van der Waals surface area (Å²) in [6.45, 7) is 0.137. The van der Waals surface area contributed by atoms with Crippen molar-refractivity contribution in [3.8, 4) is 0 Å². The van der Waals surface area contributed by atoms with Gasteiger partial charge in [0.2, 0.25) is 5.92 Å². The number of nitrogens with zero attached hydrogens (tertiary/aromatic N) is 2. The van der Waals surface area contributed by atoms with Gasteiger partial charge in [-0.15, -0.1) is 0 Å². The topological polar surface area (TPSA) is 51.8 Å². The van der Waals surface area contributed by atoms with Crippen molar-refractivity contribution in [2.24, 2.45) is 5.73 Å². The predicted molar refractivity (Wildman–Crippen MR) is 52.0 cm³/mol. The van der Waals surface area contributed by atoms with E-state index in [-0.39, 0.29) is 24.5 Å². The molecule has 0 bridgehead atoms. The van der Waals surface area contributed by atoms with Crippen LogP contribution in [0.2, 0.25) is 5.15 Å². The average Bonchev–Trinajstić information content (AvgIpc) is 2.13. The Labute approximate surface area is 90.7 Å². The molecule has 15 heavy (non-hydrogen) atoms. The van der Waals surface area contributed by atoms with Gasteiger partial charge >= 0.3 is 0 Å². The maximum atomic E-state index is 12.9. The highest BCUT2D eigenvalue weighted by Crippen LogP contribution is 2.52. The van der Waals surface area contributed by atoms with Crippen LogP contribution in [0.25, 0.3) is 0 Å². The molecular weight excluding hydrogens is 224 g/mol. The molecule has 0 aliphatic heterocycles. The van der Waals surface area contributed by atoms with E-state index in [0.29, 0.717) is 5.69 Å². The van der Waals surface area contributed by atoms with Crippen LogP contribution in [0.1, 0.15) is 18.5 Å². The van der Waals surface area contributed by atoms with Crippen LogP contribution >= 0.6 is 11.6 Å². The van der Waals surface area contributed by atoms with Crippen LogP contribution in [0.15, 0.2) is 12.4 Å². The third-order valence-electron chi connectivity index (χ3n) is 2.73. The first-order chi connectivity index (χ1) is 6.97. The first kappa shape index (κ1) is 10.7. The number of nitrogens with two attached hydrogens (primary N) is 1. The summed E-state index contributed by atoms with van der Waals surface area (Å²) in [6, 6.07) is 0. The first-order valence-corrected chi connectivity index (χ1v) is 4.91. The van der Waals surface area contributed by atoms with Crippen LogP contribution in [0.3, 0.4) is 0 Å². The molecule has 6 heteroatoms. The molecule has 0 unspecified atom stereocenters. The maximum absolute atomic E-state index is 12.9. The summed E-state index contributed by atoms with van der Waals surface area (Å²) in [4.78, 5) is 7.83. The van der Waals surface area contributed by atoms with E-state index in [1.165, 1.54) is 12.4 Å². The van der Waals surface area contributed by atoms with E-state index < -0.39 is 11.3 Å². The van der Waals surface area contributed by atoms with Crippen molar-refractivity contribution < 1.29 is 8.78 Å². The molecule has 1 aliphatic carbocycles. The second-order valence-corrected chi connectivity index (χ2v) is 4.31. The van der Waals surface area contributed by atoms with Gasteiger partial charge in [-0.2, -0.15) is 0 Å². The number of alkyl halides is 2. The zero-order valence-electron chi connectivity index (χ0n) is 7.88. The number of rotatable bonds is 2. The van der Waals surface area contributed by atoms with E-state index in [4.69, 9.17) is 17.3 Å². The predicted octanol–water partition coefficient (Wildman–Crippen LogP) is 1.76. The molecule has 1 heterocycles. The van der Waals surface area contributed by atoms with Crippen molar-refractivity contribution in [1.82, 2.24) is 9.97 Å². The maximum Gasteiger partial charge on any atom is 0.250 e. The smallest absolute Gasteiger partial charge is 0.250 e. The summed E-state index contributed by atoms with van der Waals surface area (Å²) in [5.74, 6) is -2.64. The molecule has 0 spiro atoms. The molecule has 1 aromatic rings. The Morgan fingerprint density at radius 3 is 2.53 bits per heavy atom. The highest BCUT2D eigenvalue weighted by Gasteiger charge is 2.57. The highest BCUT2D eigenvalue weighted by atomic mass is 35.5. The Bertz CT molecular complexity index is 375. The van der Waals surface area contributed by atoms with E-state index in [1.54, 1.807) is 0 Å². The zero-order valence-corrected chi connectivity index (χ0v) is 8.64. The molecule has 1 aromatic heterocycles. The number of aromatic nitrogens is 2. The van der Waals surface area contributed by atoms with E-state index in [2.05, 4.69) is 9.97 Å². The van der Waals surface area contributed by atoms with Gasteiger partial charge in [-0.25, -0.2) is 13.8 Å². The fraction of sp³-hybridized carbons (Fsp3) is 0.556. The molecule has 1 aliphatic rings. The molecule has 0 aromatic carbocycles. The summed E-state index contributed by atoms with van der Waals surface area (Å²) < 4.78 is 25.7. The summed E-state index contributed by atoms with van der Waals surface area (Å²) in [6.07, 6.45) is 2.27. The van der Waals surface area contributed by atoms with Gasteiger partial charge in [-0.3, -0.25) is 4.98 Å². The largest absolute Gasteiger partial charge is 0.330 e. The highest BCUT2D eigenvalue weighted by molar-refractivity contribution is 6.29. The lowest BCUT2D eigenvalue weighted by atomic mass is 9.64. The SMILES string of the molecule is NCC1(c2cncc(Cl)n2)CC(F)(F)C1. The molecule has 0 atom stereocenters. The number of hydrogen-bond acceptors (Lipinski definition) is 3. The Kier molecular flexibility index (Phi) is 2.39. The van der Waals surface area contributed by atoms with Gasteiger partial charge < -0.3 is 5.73 Å². The second kappa shape index (κ2) is 3.35. The number of halogens is 3. The summed E-state index contributed by atoms with van der Waals surface area (Å²) in [7, 11) is 0. The molecule has 0 amide bonds. The number of hydrogen-bond donors (Lipinski definition) is 1. The van der Waals surface area contributed by atoms with Crippen LogP contribution in [0, 0.1) is 0 Å². The molecule has 2 rings (SSSR count). The monoisotopic (exact) mass is 233 g/mol. The summed E-state index contributed by atoms with van der Waals surface area (Å²) in [5, 5.41) is 0.204. The third kappa shape index (κ3) is 1.81. The molecule has 0 radical (unpaired) electrons. The van der Waals surface area contributed by atoms with Crippen LogP contribution in [0.5, 0.6) is 0 Å². The quantitative estimate of drug-likeness (QED) is 0.847. The Morgan fingerprint density at radius 1 is 1.40 bits per heavy atom. The minimum atomic E-state index is -2.64. The zero-order chi connectivity index (χ0) is 11.1. The van der Waals surface area contributed by atoms with E-state index in [0.717, 1.165) is 0 Å². The minimum Gasteiger partial charge on any atom is -0.330 e. The fourth-order valence-corrected chi connectivity index (χ4v) is 2.11. The van der Waals surface area contributed by atoms with Crippen LogP contribution < -0.4 is 5.73 Å². The van der Waals surface area contributed by atoms with E-state index in [1.807, 2.05) is 0 Å². The van der Waals surface area contributed by atoms with E-state index >= 15 is 0 Å². The van der Waals surface area contributed by atoms with Crippen molar-refractivity contribution >= 4 is 11.6 Å². The lowest BCUT2D eigenvalue weighted by Crippen LogP contribution is -2.54. The standard InChI is InChI=1S/C9H10ClF2N3/c10-7-2-14-1-6(15-7)8(5-13)3-9(11,12)4-8/h1-2H,3-5,13H2. The van der Waals surface area contributed by atoms with Crippen LogP contribution in [-0.2, 0) is 5.41 Å². The van der Waals surface area contributed by atoms with Gasteiger partial charge in [0.15, 0.2) is 0 Å². The molecule has 1 saturated carbocycles. The van der Waals surface area contributed by atoms with Crippen LogP contribution in [-0.4, -0.2) is 22.4 Å². The van der Waals surface area contributed by atoms with Gasteiger partial charge in [0.25, 0.3) is 0 Å². The van der Waals surface area contributed by atoms with Crippen molar-refractivity contribution in [2.45, 2.75) is 24.2 Å². The lowest BCUT2D eigenvalue weighted by molar-refractivity contribution is -0.125. The van der Waals surface area contributed by atoms with Gasteiger partial charge in [0.1, 0.15) is 5.15 Å². The van der Waals surface area contributed by atoms with E-state index in [9.17, 15) is 8.78 Å². The third-order valence-corrected chi connectivity index (χ3v) is 2.92. The van der Waals surface area contributed by atoms with Gasteiger partial charge in [0.05, 0.1) is 11.9 Å². The fourth-order valence-electron chi connectivity index (χ4n) is 1.97. The lowest BCUT2D eigenvalue weighted by Gasteiger charge is -2.45. The van der Waals surface area contributed by atoms with Crippen molar-refractivity contribution in [3.05, 3.63) is 23.2 Å². The first-order valence-electron chi connectivity index (χ1n) is 4.53. The average molecular weight is 234 g/mol. The van der Waals surface area contributed by atoms with Gasteiger partial charge in [0, 0.05) is 31.0 Å². The minimum absolute atomic E-state index is 0.137. The van der Waals surface area contributed by atoms with Gasteiger partial charge in [-0.1, -0.05) is 11.6 Å². The summed E-state index contributed by atoms with van der Waals surface area (Å²) >= 11 is 5.66. The van der Waals surface area contributed by atoms with Crippen LogP contribution in [0.4, 0.5) is 8.78 Å². The molecule has 1 fully saturated rings. The Hall–Kier alpha value is -0.810. The Balaban J connectivity index is 2.29. The van der Waals surface area contributed by atoms with Crippen molar-refractivity contribution in [1.29, 1.82) is 0 Å². The van der Waals surface area contributed by atoms with Gasteiger partial charge in [-0.05, 0) is 0 Å². The Morgan fingerprint density at radius 2 is 2.07 bits per heavy atom. The summed E-state index contributed by atoms with van der Waals surface area (Å²) in [5.41, 5.74) is 5.24. The molecular formula is C9H10ClF2N3. The molecule has 2 N–H and O–H groups in total. The molecule has 0 saturated heterocycles. The van der Waals surface area contributed by atoms with Crippen molar-refractivity contribution in [3.63, 3.8) is 0 Å². The molecule has 3 nitrogen and oxygen atoms in total. The molecule has 82 valence electrons. The van der Waals surface area contributed by atoms with Crippen molar-refractivity contribution in [2.75, 3.05) is 6.54 Å².